The summed E-state index contributed by atoms with van der Waals surface area (Å²) in [5, 5.41) is 2.99. The zero-order chi connectivity index (χ0) is 16.8. The van der Waals surface area contributed by atoms with Crippen molar-refractivity contribution < 1.29 is 14.3 Å². The number of ether oxygens (including phenoxy) is 2. The van der Waals surface area contributed by atoms with Crippen LogP contribution >= 0.6 is 0 Å². The lowest BCUT2D eigenvalue weighted by atomic mass is 10.2. The summed E-state index contributed by atoms with van der Waals surface area (Å²) >= 11 is 0. The first-order chi connectivity index (χ1) is 11.7. The first-order valence-electron chi connectivity index (χ1n) is 8.32. The Bertz CT molecular complexity index is 651. The maximum Gasteiger partial charge on any atom is 0.251 e. The molecule has 0 aliphatic carbocycles. The molecule has 0 bridgehead atoms. The largest absolute Gasteiger partial charge is 0.491 e. The Kier molecular flexibility index (Phi) is 5.48. The maximum atomic E-state index is 12.4. The normalized spacial score (nSPS) is 18.3. The maximum absolute atomic E-state index is 12.4. The zero-order valence-corrected chi connectivity index (χ0v) is 13.9. The molecule has 0 saturated carbocycles. The molecule has 1 saturated heterocycles. The van der Waals surface area contributed by atoms with Crippen molar-refractivity contribution in [2.24, 2.45) is 0 Å². The topological polar surface area (TPSA) is 65.4 Å². The molecule has 1 aromatic carbocycles. The molecule has 3 rings (SSSR count). The second-order valence-electron chi connectivity index (χ2n) is 6.11. The summed E-state index contributed by atoms with van der Waals surface area (Å²) < 4.78 is 13.2. The van der Waals surface area contributed by atoms with Gasteiger partial charge in [-0.15, -0.1) is 0 Å². The van der Waals surface area contributed by atoms with Crippen LogP contribution in [0, 0.1) is 0 Å². The fourth-order valence-electron chi connectivity index (χ4n) is 2.76. The fourth-order valence-corrected chi connectivity index (χ4v) is 2.76. The third kappa shape index (κ3) is 4.58. The van der Waals surface area contributed by atoms with Gasteiger partial charge in [0, 0.05) is 37.2 Å². The van der Waals surface area contributed by atoms with Gasteiger partial charge in [-0.2, -0.15) is 0 Å². The SMILES string of the molecule is C[C@@H](Cn1ccnc1)NC(=O)c1cccc(OC[C@H]2CCCO2)c1. The summed E-state index contributed by atoms with van der Waals surface area (Å²) in [4.78, 5) is 16.4. The monoisotopic (exact) mass is 329 g/mol. The predicted molar refractivity (Wildman–Crippen MR) is 90.1 cm³/mol. The number of carbonyl (C=O) groups is 1. The van der Waals surface area contributed by atoms with Gasteiger partial charge in [-0.3, -0.25) is 4.79 Å². The number of benzene rings is 1. The van der Waals surface area contributed by atoms with Crippen LogP contribution < -0.4 is 10.1 Å². The molecule has 2 atom stereocenters. The molecular weight excluding hydrogens is 306 g/mol. The number of rotatable bonds is 7. The van der Waals surface area contributed by atoms with Crippen LogP contribution in [0.25, 0.3) is 0 Å². The molecule has 1 aromatic heterocycles. The van der Waals surface area contributed by atoms with Crippen molar-refractivity contribution in [3.8, 4) is 5.75 Å². The zero-order valence-electron chi connectivity index (χ0n) is 13.9. The number of nitrogens with one attached hydrogen (secondary N) is 1. The second kappa shape index (κ2) is 7.97. The standard InChI is InChI=1S/C18H23N3O3/c1-14(11-21-8-7-19-13-21)20-18(22)15-4-2-5-16(10-15)24-12-17-6-3-9-23-17/h2,4-5,7-8,10,13-14,17H,3,6,9,11-12H2,1H3,(H,20,22)/t14-,17+/m0/s1. The summed E-state index contributed by atoms with van der Waals surface area (Å²) in [6, 6.07) is 7.26. The van der Waals surface area contributed by atoms with Crippen LogP contribution in [0.15, 0.2) is 43.0 Å². The van der Waals surface area contributed by atoms with Crippen molar-refractivity contribution in [1.82, 2.24) is 14.9 Å². The van der Waals surface area contributed by atoms with Crippen molar-refractivity contribution in [1.29, 1.82) is 0 Å². The predicted octanol–water partition coefficient (Wildman–Crippen LogP) is 2.26. The minimum atomic E-state index is -0.106. The first-order valence-corrected chi connectivity index (χ1v) is 8.32. The Balaban J connectivity index is 1.53. The van der Waals surface area contributed by atoms with Gasteiger partial charge >= 0.3 is 0 Å². The average Bonchev–Trinajstić information content (AvgIpc) is 3.26. The van der Waals surface area contributed by atoms with Crippen LogP contribution in [0.5, 0.6) is 5.75 Å². The van der Waals surface area contributed by atoms with Gasteiger partial charge in [-0.1, -0.05) is 6.07 Å². The van der Waals surface area contributed by atoms with Crippen LogP contribution in [0.2, 0.25) is 0 Å². The van der Waals surface area contributed by atoms with Crippen LogP contribution in [0.3, 0.4) is 0 Å². The van der Waals surface area contributed by atoms with E-state index in [0.29, 0.717) is 24.5 Å². The summed E-state index contributed by atoms with van der Waals surface area (Å²) in [6.07, 6.45) is 7.63. The van der Waals surface area contributed by atoms with Crippen molar-refractivity contribution in [3.63, 3.8) is 0 Å². The van der Waals surface area contributed by atoms with Gasteiger partial charge in [0.15, 0.2) is 0 Å². The van der Waals surface area contributed by atoms with Gasteiger partial charge in [-0.25, -0.2) is 4.98 Å². The van der Waals surface area contributed by atoms with E-state index in [9.17, 15) is 4.79 Å². The Morgan fingerprint density at radius 1 is 1.54 bits per heavy atom. The van der Waals surface area contributed by atoms with Crippen molar-refractivity contribution in [2.45, 2.75) is 38.5 Å². The molecular formula is C18H23N3O3. The fraction of sp³-hybridized carbons (Fsp3) is 0.444. The van der Waals surface area contributed by atoms with Gasteiger partial charge in [0.05, 0.1) is 12.4 Å². The summed E-state index contributed by atoms with van der Waals surface area (Å²) in [7, 11) is 0. The molecule has 1 amide bonds. The summed E-state index contributed by atoms with van der Waals surface area (Å²) in [5.74, 6) is 0.589. The highest BCUT2D eigenvalue weighted by Gasteiger charge is 2.16. The minimum absolute atomic E-state index is 0.00293. The number of hydrogen-bond acceptors (Lipinski definition) is 4. The van der Waals surface area contributed by atoms with E-state index in [4.69, 9.17) is 9.47 Å². The molecule has 1 aliphatic rings. The van der Waals surface area contributed by atoms with Crippen LogP contribution in [-0.2, 0) is 11.3 Å². The lowest BCUT2D eigenvalue weighted by molar-refractivity contribution is 0.0679. The molecule has 128 valence electrons. The molecule has 0 unspecified atom stereocenters. The van der Waals surface area contributed by atoms with E-state index in [-0.39, 0.29) is 18.1 Å². The smallest absolute Gasteiger partial charge is 0.251 e. The Hall–Kier alpha value is -2.34. The molecule has 24 heavy (non-hydrogen) atoms. The van der Waals surface area contributed by atoms with Crippen molar-refractivity contribution >= 4 is 5.91 Å². The highest BCUT2D eigenvalue weighted by Crippen LogP contribution is 2.17. The number of nitrogens with zero attached hydrogens (tertiary/aromatic N) is 2. The third-order valence-electron chi connectivity index (χ3n) is 3.98. The highest BCUT2D eigenvalue weighted by atomic mass is 16.5. The van der Waals surface area contributed by atoms with E-state index in [0.717, 1.165) is 19.4 Å². The van der Waals surface area contributed by atoms with E-state index in [1.807, 2.05) is 29.8 Å². The third-order valence-corrected chi connectivity index (χ3v) is 3.98. The first kappa shape index (κ1) is 16.5. The van der Waals surface area contributed by atoms with E-state index < -0.39 is 0 Å². The molecule has 6 heteroatoms. The minimum Gasteiger partial charge on any atom is -0.491 e. The van der Waals surface area contributed by atoms with Gasteiger partial charge in [0.25, 0.3) is 5.91 Å². The lowest BCUT2D eigenvalue weighted by Crippen LogP contribution is -2.35. The molecule has 1 fully saturated rings. The molecule has 6 nitrogen and oxygen atoms in total. The Labute approximate surface area is 141 Å². The molecule has 0 spiro atoms. The molecule has 1 aliphatic heterocycles. The van der Waals surface area contributed by atoms with Gasteiger partial charge < -0.3 is 19.4 Å². The number of hydrogen-bond donors (Lipinski definition) is 1. The number of carbonyl (C=O) groups excluding carboxylic acids is 1. The second-order valence-corrected chi connectivity index (χ2v) is 6.11. The van der Waals surface area contributed by atoms with Crippen molar-refractivity contribution in [3.05, 3.63) is 48.5 Å². The van der Waals surface area contributed by atoms with Crippen LogP contribution in [0.4, 0.5) is 0 Å². The average molecular weight is 329 g/mol. The van der Waals surface area contributed by atoms with Crippen LogP contribution in [-0.4, -0.2) is 40.8 Å². The van der Waals surface area contributed by atoms with E-state index in [1.54, 1.807) is 24.7 Å². The van der Waals surface area contributed by atoms with E-state index in [1.165, 1.54) is 0 Å². The highest BCUT2D eigenvalue weighted by molar-refractivity contribution is 5.94. The summed E-state index contributed by atoms with van der Waals surface area (Å²) in [6.45, 7) is 3.99. The van der Waals surface area contributed by atoms with Gasteiger partial charge in [0.2, 0.25) is 0 Å². The summed E-state index contributed by atoms with van der Waals surface area (Å²) in [5.41, 5.74) is 0.595. The van der Waals surface area contributed by atoms with E-state index >= 15 is 0 Å². The van der Waals surface area contributed by atoms with E-state index in [2.05, 4.69) is 10.3 Å². The molecule has 2 aromatic rings. The van der Waals surface area contributed by atoms with Crippen LogP contribution in [0.1, 0.15) is 30.1 Å². The number of imidazole rings is 1. The molecule has 1 N–H and O–H groups in total. The Morgan fingerprint density at radius 2 is 2.46 bits per heavy atom. The van der Waals surface area contributed by atoms with Crippen molar-refractivity contribution in [2.75, 3.05) is 13.2 Å². The number of amides is 1. The quantitative estimate of drug-likeness (QED) is 0.846. The Morgan fingerprint density at radius 3 is 3.21 bits per heavy atom. The molecule has 0 radical (unpaired) electrons. The molecule has 2 heterocycles. The number of aromatic nitrogens is 2. The van der Waals surface area contributed by atoms with Gasteiger partial charge in [-0.05, 0) is 38.0 Å². The van der Waals surface area contributed by atoms with Gasteiger partial charge in [0.1, 0.15) is 12.4 Å². The lowest BCUT2D eigenvalue weighted by Gasteiger charge is -2.15.